The van der Waals surface area contributed by atoms with E-state index in [2.05, 4.69) is 5.32 Å². The van der Waals surface area contributed by atoms with E-state index in [-0.39, 0.29) is 40.4 Å². The van der Waals surface area contributed by atoms with Crippen LogP contribution in [0.2, 0.25) is 0 Å². The quantitative estimate of drug-likeness (QED) is 0.273. The van der Waals surface area contributed by atoms with Gasteiger partial charge in [0.2, 0.25) is 11.8 Å². The number of phenolic OH excluding ortho intramolecular Hbond substituents is 1. The third kappa shape index (κ3) is 4.86. The molecular formula is C36H42N2O9. The molecule has 1 saturated heterocycles. The molecule has 1 aliphatic carbocycles. The van der Waals surface area contributed by atoms with Gasteiger partial charge in [-0.15, -0.1) is 0 Å². The fourth-order valence-electron chi connectivity index (χ4n) is 7.69. The van der Waals surface area contributed by atoms with E-state index >= 15 is 4.79 Å². The van der Waals surface area contributed by atoms with Crippen LogP contribution in [0.5, 0.6) is 28.7 Å². The number of likely N-dealkylation sites (tertiary alicyclic amines) is 1. The third-order valence-electron chi connectivity index (χ3n) is 10.2. The number of carbonyl (C=O) groups excluding carboxylic acids is 2. The molecule has 0 radical (unpaired) electrons. The first kappa shape index (κ1) is 32.5. The van der Waals surface area contributed by atoms with Gasteiger partial charge >= 0.3 is 0 Å². The highest BCUT2D eigenvalue weighted by Gasteiger charge is 2.76. The number of rotatable bonds is 9. The van der Waals surface area contributed by atoms with Crippen molar-refractivity contribution >= 4 is 11.8 Å². The van der Waals surface area contributed by atoms with E-state index < -0.39 is 41.2 Å². The first-order valence-electron chi connectivity index (χ1n) is 16.0. The van der Waals surface area contributed by atoms with Crippen LogP contribution < -0.4 is 24.3 Å². The fraction of sp³-hybridized carbons (Fsp3) is 0.444. The number of carbonyl (C=O) groups is 2. The van der Waals surface area contributed by atoms with Gasteiger partial charge in [0.25, 0.3) is 0 Å². The monoisotopic (exact) mass is 646 g/mol. The van der Waals surface area contributed by atoms with Gasteiger partial charge in [0.15, 0.2) is 17.1 Å². The van der Waals surface area contributed by atoms with Crippen LogP contribution in [-0.4, -0.2) is 72.2 Å². The minimum absolute atomic E-state index is 0.109. The van der Waals surface area contributed by atoms with Crippen molar-refractivity contribution in [1.29, 1.82) is 0 Å². The number of benzene rings is 3. The number of aromatic hydroxyl groups is 1. The standard InChI is InChI=1S/C36H42N2O9/c1-6-20(2)32(40)37-28-13-10-16-38(28)33(41)31-29(21-11-8-7-9-12-21)36(22-14-15-25(45-4)24(39)17-22)34(42)35(31,43)30-26(46-5)18-23(44-3)19-27(30)47-36/h7-9,11-12,14-15,17-20,28-29,31,34,39,42-43H,6,10,13,16H2,1-5H3,(H,37,40)/t20-,28-,29-,31+,34+,35-,36-/m0/s1. The summed E-state index contributed by atoms with van der Waals surface area (Å²) in [5.74, 6) is -2.48. The second kappa shape index (κ2) is 12.3. The van der Waals surface area contributed by atoms with Crippen LogP contribution >= 0.6 is 0 Å². The number of ether oxygens (including phenoxy) is 4. The van der Waals surface area contributed by atoms with Gasteiger partial charge in [-0.25, -0.2) is 0 Å². The Balaban J connectivity index is 1.62. The molecular weight excluding hydrogens is 604 g/mol. The van der Waals surface area contributed by atoms with Crippen molar-refractivity contribution in [2.45, 2.75) is 62.5 Å². The third-order valence-corrected chi connectivity index (χ3v) is 10.2. The number of aliphatic hydroxyl groups excluding tert-OH is 1. The maximum atomic E-state index is 15.1. The molecule has 11 heteroatoms. The normalized spacial score (nSPS) is 28.2. The molecule has 6 rings (SSSR count). The molecule has 0 unspecified atom stereocenters. The highest BCUT2D eigenvalue weighted by molar-refractivity contribution is 5.86. The summed E-state index contributed by atoms with van der Waals surface area (Å²) in [6, 6.07) is 16.9. The SMILES string of the molecule is CC[C@H](C)C(=O)N[C@@H]1CCCN1C(=O)[C@H]1[C@H](c2ccccc2)[C@]2(c3ccc(OC)c(O)c3)Oc3cc(OC)cc(OC)c3[C@@]1(O)[C@H]2O. The molecule has 250 valence electrons. The summed E-state index contributed by atoms with van der Waals surface area (Å²) >= 11 is 0. The zero-order chi connectivity index (χ0) is 33.7. The number of phenols is 1. The number of hydrogen-bond donors (Lipinski definition) is 4. The molecule has 7 atom stereocenters. The van der Waals surface area contributed by atoms with E-state index in [1.165, 1.54) is 27.4 Å². The summed E-state index contributed by atoms with van der Waals surface area (Å²) in [7, 11) is 4.34. The second-order valence-electron chi connectivity index (χ2n) is 12.6. The molecule has 4 N–H and O–H groups in total. The van der Waals surface area contributed by atoms with Crippen molar-refractivity contribution in [3.05, 3.63) is 77.4 Å². The zero-order valence-corrected chi connectivity index (χ0v) is 27.2. The van der Waals surface area contributed by atoms with E-state index in [1.807, 2.05) is 44.2 Å². The first-order valence-corrected chi connectivity index (χ1v) is 16.0. The molecule has 1 saturated carbocycles. The Bertz CT molecular complexity index is 1670. The van der Waals surface area contributed by atoms with E-state index in [9.17, 15) is 20.1 Å². The van der Waals surface area contributed by atoms with Gasteiger partial charge < -0.3 is 44.5 Å². The lowest BCUT2D eigenvalue weighted by molar-refractivity contribution is -0.167. The van der Waals surface area contributed by atoms with Crippen molar-refractivity contribution in [2.75, 3.05) is 27.9 Å². The van der Waals surface area contributed by atoms with E-state index in [0.717, 1.165) is 0 Å². The topological polar surface area (TPSA) is 147 Å². The summed E-state index contributed by atoms with van der Waals surface area (Å²) in [5, 5.41) is 39.7. The van der Waals surface area contributed by atoms with E-state index in [1.54, 1.807) is 29.2 Å². The van der Waals surface area contributed by atoms with Crippen LogP contribution in [0.1, 0.15) is 55.7 Å². The Morgan fingerprint density at radius 3 is 2.40 bits per heavy atom. The van der Waals surface area contributed by atoms with Crippen LogP contribution in [0.25, 0.3) is 0 Å². The highest BCUT2D eigenvalue weighted by Crippen LogP contribution is 2.68. The summed E-state index contributed by atoms with van der Waals surface area (Å²) < 4.78 is 23.5. The number of fused-ring (bicyclic) bond motifs is 4. The van der Waals surface area contributed by atoms with Crippen molar-refractivity contribution in [3.63, 3.8) is 0 Å². The molecule has 3 aromatic rings. The molecule has 3 aliphatic rings. The second-order valence-corrected chi connectivity index (χ2v) is 12.6. The Morgan fingerprint density at radius 1 is 1.04 bits per heavy atom. The summed E-state index contributed by atoms with van der Waals surface area (Å²) in [5.41, 5.74) is -3.00. The predicted octanol–water partition coefficient (Wildman–Crippen LogP) is 3.78. The fourth-order valence-corrected chi connectivity index (χ4v) is 7.69. The Labute approximate surface area is 274 Å². The lowest BCUT2D eigenvalue weighted by Crippen LogP contribution is -2.56. The molecule has 2 bridgehead atoms. The van der Waals surface area contributed by atoms with Crippen molar-refractivity contribution in [2.24, 2.45) is 11.8 Å². The van der Waals surface area contributed by atoms with Gasteiger partial charge in [0.05, 0.1) is 32.8 Å². The van der Waals surface area contributed by atoms with Gasteiger partial charge in [0.1, 0.15) is 35.1 Å². The smallest absolute Gasteiger partial charge is 0.231 e. The zero-order valence-electron chi connectivity index (χ0n) is 27.2. The molecule has 0 spiro atoms. The minimum Gasteiger partial charge on any atom is -0.504 e. The predicted molar refractivity (Wildman–Crippen MR) is 171 cm³/mol. The number of hydrogen-bond acceptors (Lipinski definition) is 9. The Morgan fingerprint density at radius 2 is 1.77 bits per heavy atom. The van der Waals surface area contributed by atoms with Crippen LogP contribution in [0.4, 0.5) is 0 Å². The Kier molecular flexibility index (Phi) is 8.48. The molecule has 47 heavy (non-hydrogen) atoms. The summed E-state index contributed by atoms with van der Waals surface area (Å²) in [4.78, 5) is 29.8. The minimum atomic E-state index is -2.26. The highest BCUT2D eigenvalue weighted by atomic mass is 16.5. The maximum absolute atomic E-state index is 15.1. The summed E-state index contributed by atoms with van der Waals surface area (Å²) in [6.45, 7) is 4.11. The summed E-state index contributed by atoms with van der Waals surface area (Å²) in [6.07, 6.45) is -0.492. The largest absolute Gasteiger partial charge is 0.504 e. The molecule has 2 aliphatic heterocycles. The molecule has 11 nitrogen and oxygen atoms in total. The average Bonchev–Trinajstić information content (AvgIpc) is 3.59. The van der Waals surface area contributed by atoms with Crippen molar-refractivity contribution in [3.8, 4) is 28.7 Å². The van der Waals surface area contributed by atoms with Gasteiger partial charge in [-0.05, 0) is 37.0 Å². The number of nitrogens with zero attached hydrogens (tertiary/aromatic N) is 1. The van der Waals surface area contributed by atoms with Gasteiger partial charge in [0, 0.05) is 36.1 Å². The number of nitrogens with one attached hydrogen (secondary N) is 1. The number of amides is 2. The van der Waals surface area contributed by atoms with Gasteiger partial charge in [-0.1, -0.05) is 50.2 Å². The molecule has 3 aromatic carbocycles. The van der Waals surface area contributed by atoms with Crippen LogP contribution in [0.3, 0.4) is 0 Å². The van der Waals surface area contributed by atoms with Crippen LogP contribution in [-0.2, 0) is 20.8 Å². The molecule has 2 amide bonds. The lowest BCUT2D eigenvalue weighted by atomic mass is 9.75. The van der Waals surface area contributed by atoms with Gasteiger partial charge in [-0.2, -0.15) is 0 Å². The maximum Gasteiger partial charge on any atom is 0.231 e. The van der Waals surface area contributed by atoms with Gasteiger partial charge in [-0.3, -0.25) is 9.59 Å². The molecule has 0 aromatic heterocycles. The lowest BCUT2D eigenvalue weighted by Gasteiger charge is -2.45. The molecule has 2 heterocycles. The Hall–Kier alpha value is -4.48. The van der Waals surface area contributed by atoms with Crippen LogP contribution in [0, 0.1) is 11.8 Å². The average molecular weight is 647 g/mol. The van der Waals surface area contributed by atoms with E-state index in [0.29, 0.717) is 42.7 Å². The van der Waals surface area contributed by atoms with Crippen molar-refractivity contribution < 1.29 is 43.9 Å². The van der Waals surface area contributed by atoms with E-state index in [4.69, 9.17) is 18.9 Å². The first-order chi connectivity index (χ1) is 22.6. The van der Waals surface area contributed by atoms with Crippen LogP contribution in [0.15, 0.2) is 60.7 Å². The van der Waals surface area contributed by atoms with Crippen molar-refractivity contribution in [1.82, 2.24) is 10.2 Å². The number of aliphatic hydroxyl groups is 2. The molecule has 2 fully saturated rings. The number of methoxy groups -OCH3 is 3.